The molecule has 0 aliphatic rings. The summed E-state index contributed by atoms with van der Waals surface area (Å²) in [5.74, 6) is 1.15. The van der Waals surface area contributed by atoms with E-state index in [1.54, 1.807) is 13.8 Å². The molecule has 0 radical (unpaired) electrons. The Balaban J connectivity index is 1.54. The maximum atomic E-state index is 12.2. The molecular formula is C21H22N2O3. The van der Waals surface area contributed by atoms with Crippen molar-refractivity contribution in [3.05, 3.63) is 82.2 Å². The Hall–Kier alpha value is -3.08. The van der Waals surface area contributed by atoms with Crippen molar-refractivity contribution in [1.29, 1.82) is 0 Å². The largest absolute Gasteiger partial charge is 0.489 e. The highest BCUT2D eigenvalue weighted by Gasteiger charge is 2.16. The van der Waals surface area contributed by atoms with E-state index in [1.165, 1.54) is 5.56 Å². The fourth-order valence-electron chi connectivity index (χ4n) is 2.75. The van der Waals surface area contributed by atoms with Crippen LogP contribution < -0.4 is 10.1 Å². The first-order chi connectivity index (χ1) is 12.5. The third-order valence-corrected chi connectivity index (χ3v) is 4.12. The van der Waals surface area contributed by atoms with Crippen LogP contribution in [0.5, 0.6) is 5.75 Å². The number of hydrogen-bond donors (Lipinski definition) is 1. The fraction of sp³-hybridized carbons (Fsp3) is 0.238. The SMILES string of the molecule is Cc1cccc(COc2ccc(CNC(=O)c3c(C)noc3C)cc2)c1. The van der Waals surface area contributed by atoms with Gasteiger partial charge in [0.15, 0.2) is 0 Å². The van der Waals surface area contributed by atoms with Crippen LogP contribution in [0.3, 0.4) is 0 Å². The summed E-state index contributed by atoms with van der Waals surface area (Å²) in [6, 6.07) is 16.0. The molecule has 0 aliphatic carbocycles. The van der Waals surface area contributed by atoms with E-state index in [-0.39, 0.29) is 5.91 Å². The summed E-state index contributed by atoms with van der Waals surface area (Å²) >= 11 is 0. The number of amides is 1. The lowest BCUT2D eigenvalue weighted by molar-refractivity contribution is 0.0949. The van der Waals surface area contributed by atoms with Crippen LogP contribution in [0.1, 0.15) is 38.5 Å². The molecule has 1 amide bonds. The van der Waals surface area contributed by atoms with Gasteiger partial charge in [-0.1, -0.05) is 47.1 Å². The lowest BCUT2D eigenvalue weighted by Crippen LogP contribution is -2.23. The summed E-state index contributed by atoms with van der Waals surface area (Å²) in [5.41, 5.74) is 4.45. The second kappa shape index (κ2) is 7.87. The summed E-state index contributed by atoms with van der Waals surface area (Å²) in [7, 11) is 0. The molecule has 0 aliphatic heterocycles. The lowest BCUT2D eigenvalue weighted by atomic mass is 10.1. The molecule has 134 valence electrons. The minimum atomic E-state index is -0.180. The minimum Gasteiger partial charge on any atom is -0.489 e. The number of nitrogens with zero attached hydrogens (tertiary/aromatic N) is 1. The Morgan fingerprint density at radius 1 is 1.08 bits per heavy atom. The Kier molecular flexibility index (Phi) is 5.37. The second-order valence-corrected chi connectivity index (χ2v) is 6.30. The topological polar surface area (TPSA) is 64.4 Å². The smallest absolute Gasteiger partial charge is 0.257 e. The number of aryl methyl sites for hydroxylation is 3. The zero-order valence-electron chi connectivity index (χ0n) is 15.2. The van der Waals surface area contributed by atoms with E-state index in [1.807, 2.05) is 36.4 Å². The summed E-state index contributed by atoms with van der Waals surface area (Å²) < 4.78 is 10.8. The fourth-order valence-corrected chi connectivity index (χ4v) is 2.75. The van der Waals surface area contributed by atoms with E-state index in [0.29, 0.717) is 30.2 Å². The third-order valence-electron chi connectivity index (χ3n) is 4.12. The standard InChI is InChI=1S/C21H22N2O3/c1-14-5-4-6-18(11-14)13-25-19-9-7-17(8-10-19)12-22-21(24)20-15(2)23-26-16(20)3/h4-11H,12-13H2,1-3H3,(H,22,24). The first-order valence-corrected chi connectivity index (χ1v) is 8.51. The van der Waals surface area contributed by atoms with Crippen LogP contribution in [0.25, 0.3) is 0 Å². The molecule has 1 N–H and O–H groups in total. The van der Waals surface area contributed by atoms with Gasteiger partial charge in [0.05, 0.1) is 5.69 Å². The van der Waals surface area contributed by atoms with Gasteiger partial charge in [-0.2, -0.15) is 0 Å². The van der Waals surface area contributed by atoms with Gasteiger partial charge in [-0.05, 0) is 44.0 Å². The van der Waals surface area contributed by atoms with Crippen LogP contribution in [-0.4, -0.2) is 11.1 Å². The quantitative estimate of drug-likeness (QED) is 0.727. The van der Waals surface area contributed by atoms with Crippen LogP contribution in [0.2, 0.25) is 0 Å². The molecule has 3 rings (SSSR count). The molecular weight excluding hydrogens is 328 g/mol. The highest BCUT2D eigenvalue weighted by molar-refractivity contribution is 5.96. The molecule has 1 aromatic heterocycles. The maximum Gasteiger partial charge on any atom is 0.257 e. The number of hydrogen-bond acceptors (Lipinski definition) is 4. The molecule has 0 saturated heterocycles. The number of ether oxygens (including phenoxy) is 1. The molecule has 2 aromatic carbocycles. The molecule has 3 aromatic rings. The van der Waals surface area contributed by atoms with Crippen molar-refractivity contribution in [1.82, 2.24) is 10.5 Å². The van der Waals surface area contributed by atoms with Crippen LogP contribution in [0.15, 0.2) is 53.1 Å². The lowest BCUT2D eigenvalue weighted by Gasteiger charge is -2.09. The van der Waals surface area contributed by atoms with Gasteiger partial charge in [-0.3, -0.25) is 4.79 Å². The summed E-state index contributed by atoms with van der Waals surface area (Å²) in [4.78, 5) is 12.2. The van der Waals surface area contributed by atoms with E-state index < -0.39 is 0 Å². The molecule has 26 heavy (non-hydrogen) atoms. The van der Waals surface area contributed by atoms with Crippen molar-refractivity contribution in [3.63, 3.8) is 0 Å². The first kappa shape index (κ1) is 17.7. The average molecular weight is 350 g/mol. The van der Waals surface area contributed by atoms with Crippen LogP contribution in [0, 0.1) is 20.8 Å². The molecule has 0 unspecified atom stereocenters. The molecule has 0 bridgehead atoms. The van der Waals surface area contributed by atoms with Gasteiger partial charge in [0.1, 0.15) is 23.7 Å². The van der Waals surface area contributed by atoms with Crippen molar-refractivity contribution < 1.29 is 14.1 Å². The number of carbonyl (C=O) groups is 1. The molecule has 0 fully saturated rings. The molecule has 0 saturated carbocycles. The van der Waals surface area contributed by atoms with Crippen molar-refractivity contribution in [2.75, 3.05) is 0 Å². The van der Waals surface area contributed by atoms with E-state index in [0.717, 1.165) is 16.9 Å². The monoisotopic (exact) mass is 350 g/mol. The third kappa shape index (κ3) is 4.30. The van der Waals surface area contributed by atoms with Crippen molar-refractivity contribution in [3.8, 4) is 5.75 Å². The van der Waals surface area contributed by atoms with Gasteiger partial charge >= 0.3 is 0 Å². The van der Waals surface area contributed by atoms with Gasteiger partial charge in [-0.25, -0.2) is 0 Å². The number of rotatable bonds is 6. The average Bonchev–Trinajstić information content (AvgIpc) is 2.97. The molecule has 0 atom stereocenters. The summed E-state index contributed by atoms with van der Waals surface area (Å²) in [5, 5.41) is 6.69. The van der Waals surface area contributed by atoms with E-state index >= 15 is 0 Å². The molecule has 1 heterocycles. The number of benzene rings is 2. The van der Waals surface area contributed by atoms with Crippen LogP contribution >= 0.6 is 0 Å². The van der Waals surface area contributed by atoms with Gasteiger partial charge in [0.2, 0.25) is 0 Å². The number of nitrogens with one attached hydrogen (secondary N) is 1. The van der Waals surface area contributed by atoms with Gasteiger partial charge in [0.25, 0.3) is 5.91 Å². The van der Waals surface area contributed by atoms with Crippen molar-refractivity contribution >= 4 is 5.91 Å². The van der Waals surface area contributed by atoms with Gasteiger partial charge in [0, 0.05) is 6.54 Å². The maximum absolute atomic E-state index is 12.2. The normalized spacial score (nSPS) is 10.6. The molecule has 5 heteroatoms. The second-order valence-electron chi connectivity index (χ2n) is 6.30. The Bertz CT molecular complexity index is 878. The van der Waals surface area contributed by atoms with Crippen molar-refractivity contribution in [2.45, 2.75) is 33.9 Å². The zero-order valence-corrected chi connectivity index (χ0v) is 15.2. The van der Waals surface area contributed by atoms with E-state index in [2.05, 4.69) is 29.5 Å². The predicted octanol–water partition coefficient (Wildman–Crippen LogP) is 4.11. The van der Waals surface area contributed by atoms with Crippen LogP contribution in [0.4, 0.5) is 0 Å². The first-order valence-electron chi connectivity index (χ1n) is 8.51. The predicted molar refractivity (Wildman–Crippen MR) is 99.1 cm³/mol. The van der Waals surface area contributed by atoms with Gasteiger partial charge < -0.3 is 14.6 Å². The summed E-state index contributed by atoms with van der Waals surface area (Å²) in [6.07, 6.45) is 0. The van der Waals surface area contributed by atoms with Crippen LogP contribution in [-0.2, 0) is 13.2 Å². The Morgan fingerprint density at radius 2 is 1.85 bits per heavy atom. The highest BCUT2D eigenvalue weighted by atomic mass is 16.5. The Morgan fingerprint density at radius 3 is 2.50 bits per heavy atom. The van der Waals surface area contributed by atoms with Gasteiger partial charge in [-0.15, -0.1) is 0 Å². The number of aromatic nitrogens is 1. The molecule has 0 spiro atoms. The zero-order chi connectivity index (χ0) is 18.5. The van der Waals surface area contributed by atoms with E-state index in [9.17, 15) is 4.79 Å². The van der Waals surface area contributed by atoms with E-state index in [4.69, 9.17) is 9.26 Å². The Labute approximate surface area is 153 Å². The highest BCUT2D eigenvalue weighted by Crippen LogP contribution is 2.16. The molecule has 5 nitrogen and oxygen atoms in total. The minimum absolute atomic E-state index is 0.180. The summed E-state index contributed by atoms with van der Waals surface area (Å²) in [6.45, 7) is 6.51. The van der Waals surface area contributed by atoms with Crippen molar-refractivity contribution in [2.24, 2.45) is 0 Å². The number of carbonyl (C=O) groups excluding carboxylic acids is 1.